The Bertz CT molecular complexity index is 694. The van der Waals surface area contributed by atoms with Gasteiger partial charge in [-0.15, -0.1) is 11.3 Å². The van der Waals surface area contributed by atoms with Crippen molar-refractivity contribution >= 4 is 34.5 Å². The minimum Gasteiger partial charge on any atom is -0.378 e. The highest BCUT2D eigenvalue weighted by molar-refractivity contribution is 7.10. The Labute approximate surface area is 145 Å². The highest BCUT2D eigenvalue weighted by Gasteiger charge is 2.19. The molecule has 2 N–H and O–H groups in total. The maximum absolute atomic E-state index is 12.2. The van der Waals surface area contributed by atoms with Crippen molar-refractivity contribution in [2.24, 2.45) is 0 Å². The van der Waals surface area contributed by atoms with E-state index in [-0.39, 0.29) is 17.9 Å². The molecule has 1 aromatic carbocycles. The molecule has 1 aromatic heterocycles. The molecule has 1 saturated heterocycles. The number of thiophene rings is 1. The van der Waals surface area contributed by atoms with Crippen molar-refractivity contribution in [1.29, 1.82) is 0 Å². The van der Waals surface area contributed by atoms with E-state index in [4.69, 9.17) is 4.74 Å². The summed E-state index contributed by atoms with van der Waals surface area (Å²) >= 11 is 1.55. The number of ether oxygens (including phenoxy) is 1. The van der Waals surface area contributed by atoms with Crippen molar-refractivity contribution in [3.05, 3.63) is 46.7 Å². The molecule has 0 bridgehead atoms. The zero-order valence-electron chi connectivity index (χ0n) is 13.3. The summed E-state index contributed by atoms with van der Waals surface area (Å²) in [7, 11) is 0. The van der Waals surface area contributed by atoms with Crippen LogP contribution in [-0.2, 0) is 20.7 Å². The van der Waals surface area contributed by atoms with Gasteiger partial charge in [-0.25, -0.2) is 0 Å². The van der Waals surface area contributed by atoms with E-state index in [9.17, 15) is 9.59 Å². The predicted octanol–water partition coefficient (Wildman–Crippen LogP) is 3.44. The van der Waals surface area contributed by atoms with Gasteiger partial charge in [0.1, 0.15) is 0 Å². The molecule has 0 spiro atoms. The number of para-hydroxylation sites is 2. The third-order valence-corrected chi connectivity index (χ3v) is 4.70. The van der Waals surface area contributed by atoms with E-state index >= 15 is 0 Å². The number of hydrogen-bond acceptors (Lipinski definition) is 4. The molecule has 0 aliphatic carbocycles. The average Bonchev–Trinajstić information content (AvgIpc) is 3.23. The van der Waals surface area contributed by atoms with Crippen LogP contribution in [0.4, 0.5) is 11.4 Å². The number of benzene rings is 1. The van der Waals surface area contributed by atoms with Gasteiger partial charge in [0.05, 0.1) is 30.3 Å². The van der Waals surface area contributed by atoms with Crippen molar-refractivity contribution in [2.75, 3.05) is 17.2 Å². The molecule has 6 heteroatoms. The van der Waals surface area contributed by atoms with Gasteiger partial charge < -0.3 is 15.4 Å². The fourth-order valence-corrected chi connectivity index (χ4v) is 3.38. The van der Waals surface area contributed by atoms with Gasteiger partial charge in [0, 0.05) is 11.5 Å². The van der Waals surface area contributed by atoms with Gasteiger partial charge in [-0.05, 0) is 36.4 Å². The molecule has 126 valence electrons. The van der Waals surface area contributed by atoms with Crippen LogP contribution >= 0.6 is 11.3 Å². The van der Waals surface area contributed by atoms with Crippen molar-refractivity contribution < 1.29 is 14.3 Å². The summed E-state index contributed by atoms with van der Waals surface area (Å²) in [4.78, 5) is 25.3. The Morgan fingerprint density at radius 1 is 1.08 bits per heavy atom. The van der Waals surface area contributed by atoms with Crippen LogP contribution in [-0.4, -0.2) is 24.5 Å². The number of rotatable bonds is 6. The lowest BCUT2D eigenvalue weighted by atomic mass is 10.1. The molecule has 2 aromatic rings. The van der Waals surface area contributed by atoms with Crippen LogP contribution < -0.4 is 10.6 Å². The van der Waals surface area contributed by atoms with Crippen molar-refractivity contribution in [2.45, 2.75) is 31.8 Å². The lowest BCUT2D eigenvalue weighted by Crippen LogP contribution is -2.21. The van der Waals surface area contributed by atoms with Gasteiger partial charge >= 0.3 is 0 Å². The number of carbonyl (C=O) groups excluding carboxylic acids is 2. The molecule has 1 atom stereocenters. The zero-order valence-corrected chi connectivity index (χ0v) is 14.1. The maximum atomic E-state index is 12.2. The van der Waals surface area contributed by atoms with Gasteiger partial charge in [0.2, 0.25) is 11.8 Å². The second-order valence-corrected chi connectivity index (χ2v) is 6.77. The SMILES string of the molecule is O=C(Cc1cccs1)Nc1ccccc1NC(=O)C[C@@H]1CCCO1. The van der Waals surface area contributed by atoms with E-state index < -0.39 is 0 Å². The predicted molar refractivity (Wildman–Crippen MR) is 95.3 cm³/mol. The third-order valence-electron chi connectivity index (χ3n) is 3.83. The minimum absolute atomic E-state index is 0.00517. The Balaban J connectivity index is 1.59. The highest BCUT2D eigenvalue weighted by Crippen LogP contribution is 2.23. The number of anilines is 2. The first-order chi connectivity index (χ1) is 11.7. The molecule has 0 unspecified atom stereocenters. The molecule has 3 rings (SSSR count). The van der Waals surface area contributed by atoms with Crippen molar-refractivity contribution in [3.8, 4) is 0 Å². The first-order valence-corrected chi connectivity index (χ1v) is 8.91. The van der Waals surface area contributed by atoms with Gasteiger partial charge in [-0.1, -0.05) is 18.2 Å². The molecular formula is C18H20N2O3S. The van der Waals surface area contributed by atoms with Crippen LogP contribution in [0.2, 0.25) is 0 Å². The third kappa shape index (κ3) is 4.66. The van der Waals surface area contributed by atoms with Crippen LogP contribution in [0.1, 0.15) is 24.1 Å². The smallest absolute Gasteiger partial charge is 0.229 e. The van der Waals surface area contributed by atoms with E-state index in [1.807, 2.05) is 29.6 Å². The Hall–Kier alpha value is -2.18. The minimum atomic E-state index is -0.0988. The van der Waals surface area contributed by atoms with Crippen LogP contribution in [0.15, 0.2) is 41.8 Å². The maximum Gasteiger partial charge on any atom is 0.229 e. The first kappa shape index (κ1) is 16.7. The largest absolute Gasteiger partial charge is 0.378 e. The van der Waals surface area contributed by atoms with Crippen molar-refractivity contribution in [3.63, 3.8) is 0 Å². The summed E-state index contributed by atoms with van der Waals surface area (Å²) in [6.45, 7) is 0.729. The topological polar surface area (TPSA) is 67.4 Å². The molecule has 0 saturated carbocycles. The molecule has 1 fully saturated rings. The summed E-state index contributed by atoms with van der Waals surface area (Å²) in [5.41, 5.74) is 1.22. The molecule has 1 aliphatic rings. The first-order valence-electron chi connectivity index (χ1n) is 8.03. The number of carbonyl (C=O) groups is 2. The van der Waals surface area contributed by atoms with Gasteiger partial charge in [0.25, 0.3) is 0 Å². The van der Waals surface area contributed by atoms with Crippen LogP contribution in [0.3, 0.4) is 0 Å². The summed E-state index contributed by atoms with van der Waals surface area (Å²) in [5.74, 6) is -0.194. The molecule has 0 radical (unpaired) electrons. The standard InChI is InChI=1S/C18H20N2O3S/c21-17(11-13-5-3-9-23-13)19-15-7-1-2-8-16(15)20-18(22)12-14-6-4-10-24-14/h1-2,4,6-8,10,13H,3,5,9,11-12H2,(H,19,21)(H,20,22)/t13-/m0/s1. The lowest BCUT2D eigenvalue weighted by Gasteiger charge is -2.13. The molecule has 5 nitrogen and oxygen atoms in total. The Morgan fingerprint density at radius 2 is 1.83 bits per heavy atom. The normalized spacial score (nSPS) is 16.8. The van der Waals surface area contributed by atoms with Gasteiger partial charge in [-0.2, -0.15) is 0 Å². The van der Waals surface area contributed by atoms with E-state index in [2.05, 4.69) is 10.6 Å². The fourth-order valence-electron chi connectivity index (χ4n) is 2.68. The molecule has 1 aliphatic heterocycles. The second-order valence-electron chi connectivity index (χ2n) is 5.74. The van der Waals surface area contributed by atoms with Gasteiger partial charge in [0.15, 0.2) is 0 Å². The summed E-state index contributed by atoms with van der Waals surface area (Å²) in [6, 6.07) is 11.1. The van der Waals surface area contributed by atoms with Crippen molar-refractivity contribution in [1.82, 2.24) is 0 Å². The summed E-state index contributed by atoms with van der Waals surface area (Å²) in [6.07, 6.45) is 2.61. The molecular weight excluding hydrogens is 324 g/mol. The number of hydrogen-bond donors (Lipinski definition) is 2. The molecule has 2 amide bonds. The second kappa shape index (κ2) is 8.08. The van der Waals surface area contributed by atoms with E-state index in [1.54, 1.807) is 23.5 Å². The van der Waals surface area contributed by atoms with Crippen LogP contribution in [0, 0.1) is 0 Å². The fraction of sp³-hybridized carbons (Fsp3) is 0.333. The molecule has 24 heavy (non-hydrogen) atoms. The lowest BCUT2D eigenvalue weighted by molar-refractivity contribution is -0.118. The monoisotopic (exact) mass is 344 g/mol. The quantitative estimate of drug-likeness (QED) is 0.843. The summed E-state index contributed by atoms with van der Waals surface area (Å²) in [5, 5.41) is 7.69. The Kier molecular flexibility index (Phi) is 5.61. The Morgan fingerprint density at radius 3 is 2.46 bits per heavy atom. The average molecular weight is 344 g/mol. The van der Waals surface area contributed by atoms with E-state index in [1.165, 1.54) is 0 Å². The number of amides is 2. The highest BCUT2D eigenvalue weighted by atomic mass is 32.1. The van der Waals surface area contributed by atoms with Crippen LogP contribution in [0.25, 0.3) is 0 Å². The van der Waals surface area contributed by atoms with Crippen LogP contribution in [0.5, 0.6) is 0 Å². The summed E-state index contributed by atoms with van der Waals surface area (Å²) < 4.78 is 5.49. The molecule has 2 heterocycles. The van der Waals surface area contributed by atoms with Gasteiger partial charge in [-0.3, -0.25) is 9.59 Å². The number of nitrogens with one attached hydrogen (secondary N) is 2. The van der Waals surface area contributed by atoms with E-state index in [0.29, 0.717) is 24.2 Å². The van der Waals surface area contributed by atoms with E-state index in [0.717, 1.165) is 24.3 Å². The zero-order chi connectivity index (χ0) is 16.8.